The minimum absolute atomic E-state index is 0.179. The van der Waals surface area contributed by atoms with Crippen molar-refractivity contribution in [1.82, 2.24) is 9.80 Å². The molecule has 1 aliphatic heterocycles. The first kappa shape index (κ1) is 16.3. The van der Waals surface area contributed by atoms with Crippen molar-refractivity contribution < 1.29 is 4.74 Å². The Morgan fingerprint density at radius 2 is 1.81 bits per heavy atom. The molecular formula is C17H29N3O. The van der Waals surface area contributed by atoms with Crippen LogP contribution < -0.4 is 10.5 Å². The standard InChI is InChI=1S/C17H29N3O/c1-4-19-7-9-20(10-8-19)13-15-5-6-16(12-18)17(11-15)21-14(2)3/h5-6,11,14H,4,7-10,12-13,18H2,1-3H3. The van der Waals surface area contributed by atoms with Crippen LogP contribution in [0.15, 0.2) is 18.2 Å². The van der Waals surface area contributed by atoms with Gasteiger partial charge in [0.15, 0.2) is 0 Å². The second kappa shape index (κ2) is 7.78. The van der Waals surface area contributed by atoms with Crippen LogP contribution in [-0.4, -0.2) is 48.6 Å². The first-order valence-corrected chi connectivity index (χ1v) is 8.05. The molecule has 1 aromatic rings. The van der Waals surface area contributed by atoms with Gasteiger partial charge in [0, 0.05) is 44.8 Å². The minimum Gasteiger partial charge on any atom is -0.491 e. The van der Waals surface area contributed by atoms with Gasteiger partial charge < -0.3 is 15.4 Å². The highest BCUT2D eigenvalue weighted by Crippen LogP contribution is 2.22. The Labute approximate surface area is 128 Å². The fraction of sp³-hybridized carbons (Fsp3) is 0.647. The zero-order valence-electron chi connectivity index (χ0n) is 13.6. The van der Waals surface area contributed by atoms with Crippen LogP contribution in [-0.2, 0) is 13.1 Å². The maximum Gasteiger partial charge on any atom is 0.124 e. The number of nitrogens with two attached hydrogens (primary N) is 1. The summed E-state index contributed by atoms with van der Waals surface area (Å²) in [7, 11) is 0. The Morgan fingerprint density at radius 3 is 2.38 bits per heavy atom. The van der Waals surface area contributed by atoms with Crippen molar-refractivity contribution in [3.05, 3.63) is 29.3 Å². The molecule has 0 bridgehead atoms. The van der Waals surface area contributed by atoms with E-state index in [2.05, 4.69) is 48.8 Å². The molecule has 0 atom stereocenters. The van der Waals surface area contributed by atoms with Crippen molar-refractivity contribution >= 4 is 0 Å². The second-order valence-corrected chi connectivity index (χ2v) is 6.02. The maximum atomic E-state index is 5.89. The fourth-order valence-electron chi connectivity index (χ4n) is 2.75. The zero-order chi connectivity index (χ0) is 15.2. The normalized spacial score (nSPS) is 17.4. The topological polar surface area (TPSA) is 41.7 Å². The number of hydrogen-bond acceptors (Lipinski definition) is 4. The highest BCUT2D eigenvalue weighted by Gasteiger charge is 2.16. The van der Waals surface area contributed by atoms with E-state index < -0.39 is 0 Å². The van der Waals surface area contributed by atoms with Crippen molar-refractivity contribution in [2.75, 3.05) is 32.7 Å². The molecule has 1 aliphatic rings. The predicted molar refractivity (Wildman–Crippen MR) is 87.5 cm³/mol. The van der Waals surface area contributed by atoms with E-state index in [9.17, 15) is 0 Å². The summed E-state index contributed by atoms with van der Waals surface area (Å²) in [5, 5.41) is 0. The number of ether oxygens (including phenoxy) is 1. The minimum atomic E-state index is 0.179. The van der Waals surface area contributed by atoms with Crippen LogP contribution in [0.2, 0.25) is 0 Å². The molecule has 2 rings (SSSR count). The van der Waals surface area contributed by atoms with Gasteiger partial charge in [-0.1, -0.05) is 19.1 Å². The summed E-state index contributed by atoms with van der Waals surface area (Å²) in [6.45, 7) is 13.7. The molecule has 0 aromatic heterocycles. The molecule has 0 unspecified atom stereocenters. The van der Waals surface area contributed by atoms with E-state index in [0.717, 1.165) is 37.5 Å². The number of rotatable bonds is 6. The molecule has 118 valence electrons. The lowest BCUT2D eigenvalue weighted by Crippen LogP contribution is -2.45. The van der Waals surface area contributed by atoms with Crippen LogP contribution in [0.5, 0.6) is 5.75 Å². The molecule has 1 saturated heterocycles. The number of nitrogens with zero attached hydrogens (tertiary/aromatic N) is 2. The number of piperazine rings is 1. The summed E-state index contributed by atoms with van der Waals surface area (Å²) < 4.78 is 5.89. The van der Waals surface area contributed by atoms with Crippen LogP contribution in [0.25, 0.3) is 0 Å². The SMILES string of the molecule is CCN1CCN(Cc2ccc(CN)c(OC(C)C)c2)CC1. The van der Waals surface area contributed by atoms with E-state index in [0.29, 0.717) is 6.54 Å². The molecule has 2 N–H and O–H groups in total. The van der Waals surface area contributed by atoms with Crippen molar-refractivity contribution in [2.45, 2.75) is 40.0 Å². The molecule has 0 saturated carbocycles. The van der Waals surface area contributed by atoms with Gasteiger partial charge in [-0.25, -0.2) is 0 Å². The lowest BCUT2D eigenvalue weighted by molar-refractivity contribution is 0.132. The van der Waals surface area contributed by atoms with E-state index in [1.165, 1.54) is 18.7 Å². The highest BCUT2D eigenvalue weighted by atomic mass is 16.5. The maximum absolute atomic E-state index is 5.89. The van der Waals surface area contributed by atoms with Gasteiger partial charge in [0.05, 0.1) is 6.10 Å². The first-order valence-electron chi connectivity index (χ1n) is 8.05. The van der Waals surface area contributed by atoms with E-state index in [-0.39, 0.29) is 6.10 Å². The summed E-state index contributed by atoms with van der Waals surface area (Å²) in [6, 6.07) is 6.45. The average molecular weight is 291 g/mol. The molecule has 1 fully saturated rings. The van der Waals surface area contributed by atoms with Gasteiger partial charge in [0.25, 0.3) is 0 Å². The summed E-state index contributed by atoms with van der Waals surface area (Å²) in [5.74, 6) is 0.942. The quantitative estimate of drug-likeness (QED) is 0.871. The highest BCUT2D eigenvalue weighted by molar-refractivity contribution is 5.37. The van der Waals surface area contributed by atoms with Crippen molar-refractivity contribution in [3.63, 3.8) is 0 Å². The summed E-state index contributed by atoms with van der Waals surface area (Å²) in [6.07, 6.45) is 0.179. The molecule has 0 aliphatic carbocycles. The number of likely N-dealkylation sites (N-methyl/N-ethyl adjacent to an activating group) is 1. The van der Waals surface area contributed by atoms with Gasteiger partial charge in [-0.3, -0.25) is 4.90 Å². The van der Waals surface area contributed by atoms with Gasteiger partial charge in [0.2, 0.25) is 0 Å². The van der Waals surface area contributed by atoms with Crippen LogP contribution in [0, 0.1) is 0 Å². The fourth-order valence-corrected chi connectivity index (χ4v) is 2.75. The largest absolute Gasteiger partial charge is 0.491 e. The van der Waals surface area contributed by atoms with Crippen molar-refractivity contribution in [3.8, 4) is 5.75 Å². The Bertz CT molecular complexity index is 440. The molecule has 0 radical (unpaired) electrons. The second-order valence-electron chi connectivity index (χ2n) is 6.02. The molecular weight excluding hydrogens is 262 g/mol. The van der Waals surface area contributed by atoms with Crippen LogP contribution in [0.3, 0.4) is 0 Å². The van der Waals surface area contributed by atoms with Gasteiger partial charge in [0.1, 0.15) is 5.75 Å². The monoisotopic (exact) mass is 291 g/mol. The van der Waals surface area contributed by atoms with Crippen LogP contribution >= 0.6 is 0 Å². The third-order valence-electron chi connectivity index (χ3n) is 4.03. The average Bonchev–Trinajstić information content (AvgIpc) is 2.48. The summed E-state index contributed by atoms with van der Waals surface area (Å²) in [5.41, 5.74) is 8.19. The predicted octanol–water partition coefficient (Wildman–Crippen LogP) is 2.07. The smallest absolute Gasteiger partial charge is 0.124 e. The molecule has 1 heterocycles. The van der Waals surface area contributed by atoms with E-state index in [1.54, 1.807) is 0 Å². The van der Waals surface area contributed by atoms with Crippen LogP contribution in [0.1, 0.15) is 31.9 Å². The Kier molecular flexibility index (Phi) is 6.03. The Morgan fingerprint density at radius 1 is 1.14 bits per heavy atom. The van der Waals surface area contributed by atoms with Gasteiger partial charge in [-0.2, -0.15) is 0 Å². The molecule has 1 aromatic carbocycles. The summed E-state index contributed by atoms with van der Waals surface area (Å²) >= 11 is 0. The first-order chi connectivity index (χ1) is 10.1. The van der Waals surface area contributed by atoms with Gasteiger partial charge in [-0.15, -0.1) is 0 Å². The third kappa shape index (κ3) is 4.70. The van der Waals surface area contributed by atoms with Gasteiger partial charge in [-0.05, 0) is 32.0 Å². The molecule has 4 nitrogen and oxygen atoms in total. The van der Waals surface area contributed by atoms with E-state index in [4.69, 9.17) is 10.5 Å². The number of benzene rings is 1. The zero-order valence-corrected chi connectivity index (χ0v) is 13.6. The molecule has 21 heavy (non-hydrogen) atoms. The van der Waals surface area contributed by atoms with E-state index >= 15 is 0 Å². The van der Waals surface area contributed by atoms with Crippen LogP contribution in [0.4, 0.5) is 0 Å². The third-order valence-corrected chi connectivity index (χ3v) is 4.03. The molecule has 0 amide bonds. The Hall–Kier alpha value is -1.10. The molecule has 4 heteroatoms. The lowest BCUT2D eigenvalue weighted by atomic mass is 10.1. The molecule has 0 spiro atoms. The van der Waals surface area contributed by atoms with E-state index in [1.807, 2.05) is 0 Å². The van der Waals surface area contributed by atoms with Gasteiger partial charge >= 0.3 is 0 Å². The Balaban J connectivity index is 2.00. The van der Waals surface area contributed by atoms with Crippen molar-refractivity contribution in [2.24, 2.45) is 5.73 Å². The van der Waals surface area contributed by atoms with Crippen molar-refractivity contribution in [1.29, 1.82) is 0 Å². The lowest BCUT2D eigenvalue weighted by Gasteiger charge is -2.34. The summed E-state index contributed by atoms with van der Waals surface area (Å²) in [4.78, 5) is 5.02. The number of hydrogen-bond donors (Lipinski definition) is 1.